The number of aliphatic hydroxyl groups excluding tert-OH is 1. The van der Waals surface area contributed by atoms with Crippen LogP contribution in [0.15, 0.2) is 41.7 Å². The average Bonchev–Trinajstić information content (AvgIpc) is 3.24. The molecule has 24 heavy (non-hydrogen) atoms. The number of carbonyl (C=O) groups excluding carboxylic acids is 1. The number of hydrogen-bond donors (Lipinski definition) is 2. The zero-order valence-corrected chi connectivity index (χ0v) is 14.5. The normalized spacial score (nSPS) is 14.9. The Morgan fingerprint density at radius 3 is 2.75 bits per heavy atom. The van der Waals surface area contributed by atoms with Gasteiger partial charge in [0.1, 0.15) is 0 Å². The summed E-state index contributed by atoms with van der Waals surface area (Å²) in [5.74, 6) is 0.416. The van der Waals surface area contributed by atoms with Crippen LogP contribution in [0.4, 0.5) is 0 Å². The van der Waals surface area contributed by atoms with E-state index in [1.807, 2.05) is 29.0 Å². The Kier molecular flexibility index (Phi) is 5.93. The average molecular weight is 345 g/mol. The Morgan fingerprint density at radius 2 is 2.04 bits per heavy atom. The second-order valence-corrected chi connectivity index (χ2v) is 7.07. The van der Waals surface area contributed by atoms with Crippen LogP contribution in [0.1, 0.15) is 36.9 Å². The molecule has 3 rings (SSSR count). The number of carbonyl (C=O) groups is 1. The van der Waals surface area contributed by atoms with Gasteiger partial charge in [-0.25, -0.2) is 4.98 Å². The van der Waals surface area contributed by atoms with Crippen molar-refractivity contribution >= 4 is 17.7 Å². The van der Waals surface area contributed by atoms with E-state index in [1.54, 1.807) is 0 Å². The van der Waals surface area contributed by atoms with Crippen molar-refractivity contribution in [1.82, 2.24) is 14.9 Å². The number of aromatic nitrogens is 2. The van der Waals surface area contributed by atoms with Gasteiger partial charge in [-0.2, -0.15) is 0 Å². The van der Waals surface area contributed by atoms with Gasteiger partial charge in [0.25, 0.3) is 0 Å². The Bertz CT molecular complexity index is 666. The molecule has 0 spiro atoms. The van der Waals surface area contributed by atoms with E-state index in [2.05, 4.69) is 22.4 Å². The van der Waals surface area contributed by atoms with E-state index in [-0.39, 0.29) is 12.5 Å². The number of thioether (sulfide) groups is 1. The minimum atomic E-state index is -0.0936. The molecule has 2 N–H and O–H groups in total. The van der Waals surface area contributed by atoms with Crippen molar-refractivity contribution in [3.8, 4) is 0 Å². The lowest BCUT2D eigenvalue weighted by molar-refractivity contribution is -0.119. The third kappa shape index (κ3) is 4.61. The predicted molar refractivity (Wildman–Crippen MR) is 94.8 cm³/mol. The van der Waals surface area contributed by atoms with Gasteiger partial charge in [-0.15, -0.1) is 0 Å². The number of nitrogens with zero attached hydrogens (tertiary/aromatic N) is 2. The summed E-state index contributed by atoms with van der Waals surface area (Å²) in [6, 6.07) is 10.4. The fourth-order valence-electron chi connectivity index (χ4n) is 3.01. The van der Waals surface area contributed by atoms with Gasteiger partial charge in [0.15, 0.2) is 5.16 Å². The van der Waals surface area contributed by atoms with Crippen molar-refractivity contribution in [3.05, 3.63) is 47.8 Å². The van der Waals surface area contributed by atoms with E-state index in [4.69, 9.17) is 0 Å². The van der Waals surface area contributed by atoms with Crippen LogP contribution in [0.2, 0.25) is 0 Å². The maximum atomic E-state index is 12.1. The molecule has 2 aromatic rings. The first-order chi connectivity index (χ1) is 11.7. The highest BCUT2D eigenvalue weighted by Crippen LogP contribution is 2.21. The molecular weight excluding hydrogens is 322 g/mol. The SMILES string of the molecule is O=C(CSc1nc(CO)cn1Cc1ccccc1)NC1CCCC1. The molecule has 0 radical (unpaired) electrons. The van der Waals surface area contributed by atoms with Crippen LogP contribution in [-0.2, 0) is 17.9 Å². The van der Waals surface area contributed by atoms with Crippen LogP contribution >= 0.6 is 11.8 Å². The number of amides is 1. The molecule has 6 heteroatoms. The van der Waals surface area contributed by atoms with E-state index in [0.717, 1.165) is 23.6 Å². The van der Waals surface area contributed by atoms with E-state index in [1.165, 1.54) is 24.6 Å². The summed E-state index contributed by atoms with van der Waals surface area (Å²) in [5, 5.41) is 13.2. The minimum Gasteiger partial charge on any atom is -0.390 e. The third-order valence-electron chi connectivity index (χ3n) is 4.20. The molecule has 0 aliphatic heterocycles. The maximum Gasteiger partial charge on any atom is 0.230 e. The number of rotatable bonds is 7. The zero-order valence-electron chi connectivity index (χ0n) is 13.6. The molecule has 1 amide bonds. The second kappa shape index (κ2) is 8.35. The number of hydrogen-bond acceptors (Lipinski definition) is 4. The van der Waals surface area contributed by atoms with Crippen molar-refractivity contribution in [3.63, 3.8) is 0 Å². The fraction of sp³-hybridized carbons (Fsp3) is 0.444. The molecule has 0 unspecified atom stereocenters. The van der Waals surface area contributed by atoms with Crippen LogP contribution in [0.3, 0.4) is 0 Å². The van der Waals surface area contributed by atoms with Crippen LogP contribution in [-0.4, -0.2) is 32.4 Å². The number of aliphatic hydroxyl groups is 1. The fourth-order valence-corrected chi connectivity index (χ4v) is 3.81. The lowest BCUT2D eigenvalue weighted by Crippen LogP contribution is -2.33. The molecule has 1 fully saturated rings. The van der Waals surface area contributed by atoms with Gasteiger partial charge < -0.3 is 15.0 Å². The first-order valence-corrected chi connectivity index (χ1v) is 9.36. The Morgan fingerprint density at radius 1 is 1.29 bits per heavy atom. The molecule has 1 aliphatic rings. The number of nitrogens with one attached hydrogen (secondary N) is 1. The molecule has 1 saturated carbocycles. The van der Waals surface area contributed by atoms with Gasteiger partial charge in [0.05, 0.1) is 18.1 Å². The first kappa shape index (κ1) is 17.0. The van der Waals surface area contributed by atoms with E-state index >= 15 is 0 Å². The molecule has 1 heterocycles. The van der Waals surface area contributed by atoms with Crippen molar-refractivity contribution in [2.75, 3.05) is 5.75 Å². The summed E-state index contributed by atoms with van der Waals surface area (Å²) in [4.78, 5) is 16.5. The smallest absolute Gasteiger partial charge is 0.230 e. The summed E-state index contributed by atoms with van der Waals surface area (Å²) < 4.78 is 1.99. The summed E-state index contributed by atoms with van der Waals surface area (Å²) >= 11 is 1.42. The summed E-state index contributed by atoms with van der Waals surface area (Å²) in [6.07, 6.45) is 6.45. The van der Waals surface area contributed by atoms with Crippen LogP contribution in [0, 0.1) is 0 Å². The second-order valence-electron chi connectivity index (χ2n) is 6.12. The highest BCUT2D eigenvalue weighted by molar-refractivity contribution is 7.99. The Hall–Kier alpha value is -1.79. The quantitative estimate of drug-likeness (QED) is 0.757. The van der Waals surface area contributed by atoms with Crippen LogP contribution < -0.4 is 5.32 Å². The number of imidazole rings is 1. The van der Waals surface area contributed by atoms with Crippen molar-refractivity contribution in [2.45, 2.75) is 50.0 Å². The predicted octanol–water partition coefficient (Wildman–Crippen LogP) is 2.57. The van der Waals surface area contributed by atoms with Gasteiger partial charge >= 0.3 is 0 Å². The molecule has 0 bridgehead atoms. The molecule has 1 aromatic carbocycles. The van der Waals surface area contributed by atoms with Gasteiger partial charge in [-0.3, -0.25) is 4.79 Å². The molecule has 128 valence electrons. The largest absolute Gasteiger partial charge is 0.390 e. The molecule has 0 saturated heterocycles. The summed E-state index contributed by atoms with van der Waals surface area (Å²) in [6.45, 7) is 0.587. The first-order valence-electron chi connectivity index (χ1n) is 8.37. The third-order valence-corrected chi connectivity index (χ3v) is 5.19. The van der Waals surface area contributed by atoms with E-state index in [9.17, 15) is 9.90 Å². The lowest BCUT2D eigenvalue weighted by atomic mass is 10.2. The maximum absolute atomic E-state index is 12.1. The zero-order chi connectivity index (χ0) is 16.8. The monoisotopic (exact) mass is 345 g/mol. The lowest BCUT2D eigenvalue weighted by Gasteiger charge is -2.12. The van der Waals surface area contributed by atoms with Crippen molar-refractivity contribution in [2.24, 2.45) is 0 Å². The van der Waals surface area contributed by atoms with Gasteiger partial charge in [0.2, 0.25) is 5.91 Å². The van der Waals surface area contributed by atoms with Crippen LogP contribution in [0.5, 0.6) is 0 Å². The van der Waals surface area contributed by atoms with E-state index in [0.29, 0.717) is 24.0 Å². The highest BCUT2D eigenvalue weighted by atomic mass is 32.2. The minimum absolute atomic E-state index is 0.0618. The van der Waals surface area contributed by atoms with E-state index < -0.39 is 0 Å². The van der Waals surface area contributed by atoms with Gasteiger partial charge in [0, 0.05) is 18.8 Å². The molecule has 1 aliphatic carbocycles. The van der Waals surface area contributed by atoms with Crippen molar-refractivity contribution in [1.29, 1.82) is 0 Å². The van der Waals surface area contributed by atoms with Crippen molar-refractivity contribution < 1.29 is 9.90 Å². The Labute approximate surface area is 146 Å². The van der Waals surface area contributed by atoms with Gasteiger partial charge in [-0.1, -0.05) is 54.9 Å². The summed E-state index contributed by atoms with van der Waals surface area (Å²) in [7, 11) is 0. The van der Waals surface area contributed by atoms with Crippen LogP contribution in [0.25, 0.3) is 0 Å². The highest BCUT2D eigenvalue weighted by Gasteiger charge is 2.18. The summed E-state index contributed by atoms with van der Waals surface area (Å²) in [5.41, 5.74) is 1.79. The Balaban J connectivity index is 1.61. The molecule has 1 aromatic heterocycles. The standard InChI is InChI=1S/C18H23N3O2S/c22-12-16-11-21(10-14-6-2-1-3-7-14)18(20-16)24-13-17(23)19-15-8-4-5-9-15/h1-3,6-7,11,15,22H,4-5,8-10,12-13H2,(H,19,23). The van der Waals surface area contributed by atoms with Gasteiger partial charge in [-0.05, 0) is 18.4 Å². The number of benzene rings is 1. The topological polar surface area (TPSA) is 67.1 Å². The molecular formula is C18H23N3O2S. The molecule has 0 atom stereocenters. The molecule has 5 nitrogen and oxygen atoms in total.